The molecule has 0 amide bonds. The fraction of sp³-hybridized carbons (Fsp3) is 0.308. The van der Waals surface area contributed by atoms with Crippen LogP contribution in [0.2, 0.25) is 5.02 Å². The summed E-state index contributed by atoms with van der Waals surface area (Å²) < 4.78 is 1.97. The van der Waals surface area contributed by atoms with Crippen molar-refractivity contribution in [2.75, 3.05) is 11.9 Å². The molecular weight excluding hydrogens is 234 g/mol. The zero-order valence-electron chi connectivity index (χ0n) is 9.86. The minimum atomic E-state index is 0.726. The third-order valence-electron chi connectivity index (χ3n) is 2.57. The van der Waals surface area contributed by atoms with Gasteiger partial charge in [0.15, 0.2) is 0 Å². The molecular formula is C13H16ClN3. The number of anilines is 1. The number of unbranched alkanes of at least 4 members (excludes halogenated alkanes) is 1. The Kier molecular flexibility index (Phi) is 4.04. The van der Waals surface area contributed by atoms with Gasteiger partial charge in [-0.1, -0.05) is 37.1 Å². The van der Waals surface area contributed by atoms with Gasteiger partial charge in [0.25, 0.3) is 0 Å². The molecule has 0 aliphatic rings. The van der Waals surface area contributed by atoms with E-state index in [9.17, 15) is 0 Å². The summed E-state index contributed by atoms with van der Waals surface area (Å²) in [6.07, 6.45) is 5.99. The van der Waals surface area contributed by atoms with Crippen molar-refractivity contribution in [3.63, 3.8) is 0 Å². The van der Waals surface area contributed by atoms with Crippen LogP contribution in [0.25, 0.3) is 5.69 Å². The van der Waals surface area contributed by atoms with E-state index in [1.54, 1.807) is 6.20 Å². The largest absolute Gasteiger partial charge is 0.355 e. The van der Waals surface area contributed by atoms with Gasteiger partial charge in [-0.15, -0.1) is 0 Å². The van der Waals surface area contributed by atoms with Crippen LogP contribution in [0.3, 0.4) is 0 Å². The Morgan fingerprint density at radius 2 is 2.18 bits per heavy atom. The van der Waals surface area contributed by atoms with E-state index in [0.29, 0.717) is 0 Å². The van der Waals surface area contributed by atoms with Gasteiger partial charge in [0, 0.05) is 18.9 Å². The van der Waals surface area contributed by atoms with E-state index < -0.39 is 0 Å². The summed E-state index contributed by atoms with van der Waals surface area (Å²) in [6, 6.07) is 7.76. The molecule has 4 heteroatoms. The van der Waals surface area contributed by atoms with Crippen LogP contribution in [-0.2, 0) is 0 Å². The van der Waals surface area contributed by atoms with E-state index in [4.69, 9.17) is 11.6 Å². The van der Waals surface area contributed by atoms with Crippen molar-refractivity contribution in [1.29, 1.82) is 0 Å². The zero-order chi connectivity index (χ0) is 12.1. The van der Waals surface area contributed by atoms with Crippen LogP contribution < -0.4 is 5.32 Å². The molecule has 0 fully saturated rings. The summed E-state index contributed by atoms with van der Waals surface area (Å²) in [5.41, 5.74) is 0.950. The smallest absolute Gasteiger partial charge is 0.207 e. The molecule has 1 heterocycles. The van der Waals surface area contributed by atoms with Crippen molar-refractivity contribution in [2.24, 2.45) is 0 Å². The molecule has 0 aliphatic carbocycles. The lowest BCUT2D eigenvalue weighted by molar-refractivity contribution is 0.823. The summed E-state index contributed by atoms with van der Waals surface area (Å²) >= 11 is 6.17. The molecule has 0 aliphatic heterocycles. The monoisotopic (exact) mass is 249 g/mol. The highest BCUT2D eigenvalue weighted by atomic mass is 35.5. The summed E-state index contributed by atoms with van der Waals surface area (Å²) in [5, 5.41) is 4.04. The Labute approximate surface area is 106 Å². The van der Waals surface area contributed by atoms with Crippen molar-refractivity contribution < 1.29 is 0 Å². The molecule has 0 bridgehead atoms. The summed E-state index contributed by atoms with van der Waals surface area (Å²) in [7, 11) is 0. The molecule has 1 aromatic carbocycles. The van der Waals surface area contributed by atoms with Crippen LogP contribution in [0.5, 0.6) is 0 Å². The highest BCUT2D eigenvalue weighted by Crippen LogP contribution is 2.22. The molecule has 0 unspecified atom stereocenters. The normalized spacial score (nSPS) is 10.5. The predicted octanol–water partition coefficient (Wildman–Crippen LogP) is 3.74. The first-order chi connectivity index (χ1) is 8.33. The van der Waals surface area contributed by atoms with Crippen molar-refractivity contribution in [3.05, 3.63) is 41.7 Å². The van der Waals surface area contributed by atoms with Crippen LogP contribution in [0.1, 0.15) is 19.8 Å². The Morgan fingerprint density at radius 3 is 2.94 bits per heavy atom. The topological polar surface area (TPSA) is 29.9 Å². The number of halogens is 1. The Morgan fingerprint density at radius 1 is 1.35 bits per heavy atom. The van der Waals surface area contributed by atoms with E-state index >= 15 is 0 Å². The maximum atomic E-state index is 6.17. The highest BCUT2D eigenvalue weighted by molar-refractivity contribution is 6.32. The van der Waals surface area contributed by atoms with Crippen LogP contribution in [0.4, 0.5) is 5.95 Å². The maximum absolute atomic E-state index is 6.17. The molecule has 90 valence electrons. The summed E-state index contributed by atoms with van der Waals surface area (Å²) in [4.78, 5) is 4.30. The number of nitrogens with one attached hydrogen (secondary N) is 1. The van der Waals surface area contributed by atoms with Crippen LogP contribution >= 0.6 is 11.6 Å². The Balaban J connectivity index is 2.22. The second-order valence-electron chi connectivity index (χ2n) is 3.85. The van der Waals surface area contributed by atoms with E-state index in [1.807, 2.05) is 35.0 Å². The van der Waals surface area contributed by atoms with Gasteiger partial charge in [0.2, 0.25) is 5.95 Å². The number of hydrogen-bond acceptors (Lipinski definition) is 2. The minimum absolute atomic E-state index is 0.726. The molecule has 0 spiro atoms. The fourth-order valence-corrected chi connectivity index (χ4v) is 1.88. The van der Waals surface area contributed by atoms with Gasteiger partial charge < -0.3 is 5.32 Å². The first-order valence-corrected chi connectivity index (χ1v) is 6.23. The van der Waals surface area contributed by atoms with Crippen molar-refractivity contribution in [3.8, 4) is 5.69 Å². The number of para-hydroxylation sites is 1. The average Bonchev–Trinajstić information content (AvgIpc) is 2.78. The highest BCUT2D eigenvalue weighted by Gasteiger charge is 2.06. The second-order valence-corrected chi connectivity index (χ2v) is 4.26. The quantitative estimate of drug-likeness (QED) is 0.819. The maximum Gasteiger partial charge on any atom is 0.207 e. The van der Waals surface area contributed by atoms with Crippen LogP contribution in [-0.4, -0.2) is 16.1 Å². The summed E-state index contributed by atoms with van der Waals surface area (Å²) in [5.74, 6) is 0.839. The van der Waals surface area contributed by atoms with Gasteiger partial charge in [-0.05, 0) is 18.6 Å². The van der Waals surface area contributed by atoms with Gasteiger partial charge in [-0.2, -0.15) is 0 Å². The standard InChI is InChI=1S/C13H16ClN3/c1-2-3-8-15-13-16-9-10-17(13)12-7-5-4-6-11(12)14/h4-7,9-10H,2-3,8H2,1H3,(H,15,16). The summed E-state index contributed by atoms with van der Waals surface area (Å²) in [6.45, 7) is 3.10. The van der Waals surface area contributed by atoms with Crippen LogP contribution in [0, 0.1) is 0 Å². The van der Waals surface area contributed by atoms with Crippen LogP contribution in [0.15, 0.2) is 36.7 Å². The number of hydrogen-bond donors (Lipinski definition) is 1. The minimum Gasteiger partial charge on any atom is -0.355 e. The number of benzene rings is 1. The lowest BCUT2D eigenvalue weighted by Gasteiger charge is -2.10. The molecule has 3 nitrogen and oxygen atoms in total. The van der Waals surface area contributed by atoms with Crippen molar-refractivity contribution >= 4 is 17.5 Å². The van der Waals surface area contributed by atoms with Gasteiger partial charge in [0.1, 0.15) is 0 Å². The van der Waals surface area contributed by atoms with Crippen molar-refractivity contribution in [2.45, 2.75) is 19.8 Å². The molecule has 0 radical (unpaired) electrons. The fourth-order valence-electron chi connectivity index (χ4n) is 1.65. The van der Waals surface area contributed by atoms with E-state index in [2.05, 4.69) is 17.2 Å². The Bertz CT molecular complexity index is 479. The predicted molar refractivity (Wildman–Crippen MR) is 72.0 cm³/mol. The number of aromatic nitrogens is 2. The number of nitrogens with zero attached hydrogens (tertiary/aromatic N) is 2. The molecule has 1 aromatic heterocycles. The zero-order valence-corrected chi connectivity index (χ0v) is 10.6. The first kappa shape index (κ1) is 12.0. The van der Waals surface area contributed by atoms with E-state index in [1.165, 1.54) is 6.42 Å². The van der Waals surface area contributed by atoms with Gasteiger partial charge >= 0.3 is 0 Å². The van der Waals surface area contributed by atoms with E-state index in [-0.39, 0.29) is 0 Å². The molecule has 2 aromatic rings. The third-order valence-corrected chi connectivity index (χ3v) is 2.89. The molecule has 0 saturated heterocycles. The lowest BCUT2D eigenvalue weighted by atomic mass is 10.3. The van der Waals surface area contributed by atoms with Crippen molar-refractivity contribution in [1.82, 2.24) is 9.55 Å². The van der Waals surface area contributed by atoms with Gasteiger partial charge in [-0.25, -0.2) is 4.98 Å². The molecule has 0 atom stereocenters. The van der Waals surface area contributed by atoms with E-state index in [0.717, 1.165) is 29.6 Å². The molecule has 2 rings (SSSR count). The lowest BCUT2D eigenvalue weighted by Crippen LogP contribution is -2.07. The first-order valence-electron chi connectivity index (χ1n) is 5.85. The average molecular weight is 250 g/mol. The third kappa shape index (κ3) is 2.80. The molecule has 1 N–H and O–H groups in total. The number of rotatable bonds is 5. The van der Waals surface area contributed by atoms with Gasteiger partial charge in [-0.3, -0.25) is 4.57 Å². The SMILES string of the molecule is CCCCNc1nccn1-c1ccccc1Cl. The Hall–Kier alpha value is -1.48. The second kappa shape index (κ2) is 5.73. The number of imidazole rings is 1. The van der Waals surface area contributed by atoms with Gasteiger partial charge in [0.05, 0.1) is 10.7 Å². The molecule has 0 saturated carbocycles. The molecule has 17 heavy (non-hydrogen) atoms.